The number of aromatic amines is 1. The molecule has 2 heterocycles. The Kier molecular flexibility index (Phi) is 7.94. The zero-order valence-electron chi connectivity index (χ0n) is 18.7. The number of rotatable bonds is 8. The Bertz CT molecular complexity index is 1110. The van der Waals surface area contributed by atoms with Crippen LogP contribution in [0.4, 0.5) is 5.82 Å². The molecule has 0 fully saturated rings. The average Bonchev–Trinajstić information content (AvgIpc) is 3.34. The van der Waals surface area contributed by atoms with Crippen molar-refractivity contribution in [3.63, 3.8) is 0 Å². The molecule has 2 aromatic heterocycles. The quantitative estimate of drug-likeness (QED) is 0.382. The van der Waals surface area contributed by atoms with Crippen molar-refractivity contribution in [3.05, 3.63) is 60.2 Å². The van der Waals surface area contributed by atoms with Crippen LogP contribution in [0.3, 0.4) is 0 Å². The maximum Gasteiger partial charge on any atom is 1.00 e. The molecule has 154 valence electrons. The normalized spacial score (nSPS) is 10.3. The first-order valence-corrected chi connectivity index (χ1v) is 9.39. The zero-order chi connectivity index (χ0) is 20.8. The Labute approximate surface area is 203 Å². The molecule has 0 bridgehead atoms. The Hall–Kier alpha value is -3.01. The summed E-state index contributed by atoms with van der Waals surface area (Å²) in [6.45, 7) is 0.717. The molecule has 31 heavy (non-hydrogen) atoms. The third-order valence-electron chi connectivity index (χ3n) is 4.53. The molecule has 4 aromatic rings. The smallest absolute Gasteiger partial charge is 1.00 e. The molecule has 0 aliphatic heterocycles. The van der Waals surface area contributed by atoms with Gasteiger partial charge in [0.25, 0.3) is 0 Å². The van der Waals surface area contributed by atoms with E-state index in [4.69, 9.17) is 9.47 Å². The average molecular weight is 427 g/mol. The van der Waals surface area contributed by atoms with E-state index < -0.39 is 0 Å². The van der Waals surface area contributed by atoms with Crippen LogP contribution in [0.5, 0.6) is 11.8 Å². The number of H-pyrrole nitrogens is 1. The van der Waals surface area contributed by atoms with E-state index in [2.05, 4.69) is 48.0 Å². The summed E-state index contributed by atoms with van der Waals surface area (Å²) in [7, 11) is 3.21. The molecule has 0 unspecified atom stereocenters. The van der Waals surface area contributed by atoms with Crippen LogP contribution in [-0.4, -0.2) is 51.4 Å². The maximum atomic E-state index is 5.29. The number of nitrogens with one attached hydrogen (secondary N) is 2. The van der Waals surface area contributed by atoms with Crippen molar-refractivity contribution in [3.8, 4) is 34.4 Å². The molecule has 0 atom stereocenters. The molecule has 4 rings (SSSR count). The number of anilines is 1. The van der Waals surface area contributed by atoms with Crippen molar-refractivity contribution in [2.45, 2.75) is 6.42 Å². The fraction of sp³-hybridized carbons (Fsp3) is 0.190. The number of benzene rings is 2. The summed E-state index contributed by atoms with van der Waals surface area (Å²) in [5.41, 5.74) is 3.68. The van der Waals surface area contributed by atoms with Gasteiger partial charge in [0.2, 0.25) is 5.82 Å². The number of hydrogen-bond acceptors (Lipinski definition) is 8. The molecule has 2 N–H and O–H groups in total. The minimum Gasteiger partial charge on any atom is -1.00 e. The van der Waals surface area contributed by atoms with Crippen molar-refractivity contribution in [1.29, 1.82) is 0 Å². The van der Waals surface area contributed by atoms with Gasteiger partial charge in [0.05, 0.1) is 19.9 Å². The molecule has 2 aromatic carbocycles. The van der Waals surface area contributed by atoms with Crippen LogP contribution < -0.4 is 44.3 Å². The molecular weight excluding hydrogens is 405 g/mol. The second-order valence-electron chi connectivity index (χ2n) is 6.47. The van der Waals surface area contributed by atoms with E-state index in [1.165, 1.54) is 5.56 Å². The summed E-state index contributed by atoms with van der Waals surface area (Å²) in [6.07, 6.45) is 0.846. The van der Waals surface area contributed by atoms with Crippen LogP contribution >= 0.6 is 0 Å². The van der Waals surface area contributed by atoms with Gasteiger partial charge in [-0.1, -0.05) is 30.3 Å². The van der Waals surface area contributed by atoms with E-state index in [0.717, 1.165) is 35.5 Å². The molecule has 0 saturated heterocycles. The van der Waals surface area contributed by atoms with Gasteiger partial charge in [-0.3, -0.25) is 0 Å². The van der Waals surface area contributed by atoms with Gasteiger partial charge in [-0.25, -0.2) is 0 Å². The number of nitrogens with zero attached hydrogens (tertiary/aromatic N) is 5. The molecule has 0 radical (unpaired) electrons. The fourth-order valence-electron chi connectivity index (χ4n) is 2.98. The molecule has 0 spiro atoms. The van der Waals surface area contributed by atoms with Gasteiger partial charge in [0, 0.05) is 23.7 Å². The van der Waals surface area contributed by atoms with Crippen LogP contribution in [0.2, 0.25) is 0 Å². The maximum absolute atomic E-state index is 5.29. The summed E-state index contributed by atoms with van der Waals surface area (Å²) in [5, 5.41) is 17.5. The van der Waals surface area contributed by atoms with Crippen molar-refractivity contribution in [2.24, 2.45) is 0 Å². The molecule has 10 heteroatoms. The SMILES string of the molecule is COc1ccc(CCNc2cc(-c3cccc(-c4nn[nH]n4)c3)nc(OC)n2)cc1.[H-].[Na+]. The van der Waals surface area contributed by atoms with E-state index >= 15 is 0 Å². The molecule has 0 amide bonds. The Morgan fingerprint density at radius 1 is 0.968 bits per heavy atom. The third kappa shape index (κ3) is 5.78. The van der Waals surface area contributed by atoms with E-state index in [-0.39, 0.29) is 31.0 Å². The van der Waals surface area contributed by atoms with Gasteiger partial charge in [-0.05, 0) is 35.4 Å². The minimum atomic E-state index is 0. The summed E-state index contributed by atoms with van der Waals surface area (Å²) < 4.78 is 10.5. The second kappa shape index (κ2) is 10.9. The molecule has 9 nitrogen and oxygen atoms in total. The number of aromatic nitrogens is 6. The topological polar surface area (TPSA) is 111 Å². The number of tetrazole rings is 1. The van der Waals surface area contributed by atoms with E-state index in [1.54, 1.807) is 14.2 Å². The minimum absolute atomic E-state index is 0. The molecule has 0 saturated carbocycles. The largest absolute Gasteiger partial charge is 1.00 e. The third-order valence-corrected chi connectivity index (χ3v) is 4.53. The van der Waals surface area contributed by atoms with Crippen molar-refractivity contribution >= 4 is 5.82 Å². The van der Waals surface area contributed by atoms with Crippen molar-refractivity contribution in [1.82, 2.24) is 30.6 Å². The number of methoxy groups -OCH3 is 2. The molecule has 0 aliphatic rings. The van der Waals surface area contributed by atoms with Gasteiger partial charge in [0.15, 0.2) is 0 Å². The standard InChI is InChI=1S/C21H21N7O2.Na.H/c1-29-17-8-6-14(7-9-17)10-11-22-19-13-18(23-21(24-19)30-2)15-4-3-5-16(12-15)20-25-27-28-26-20;;/h3-9,12-13H,10-11H2,1-2H3,(H,22,23,24)(H,25,26,27,28);;/q;+1;-1. The summed E-state index contributed by atoms with van der Waals surface area (Å²) >= 11 is 0. The Morgan fingerprint density at radius 3 is 2.48 bits per heavy atom. The van der Waals surface area contributed by atoms with Gasteiger partial charge in [0.1, 0.15) is 11.6 Å². The van der Waals surface area contributed by atoms with E-state index in [9.17, 15) is 0 Å². The van der Waals surface area contributed by atoms with Crippen LogP contribution in [0.25, 0.3) is 22.6 Å². The van der Waals surface area contributed by atoms with Gasteiger partial charge >= 0.3 is 35.6 Å². The summed E-state index contributed by atoms with van der Waals surface area (Å²) in [6, 6.07) is 18.0. The van der Waals surface area contributed by atoms with E-state index in [0.29, 0.717) is 17.7 Å². The Morgan fingerprint density at radius 2 is 1.77 bits per heavy atom. The number of hydrogen-bond donors (Lipinski definition) is 2. The van der Waals surface area contributed by atoms with Crippen LogP contribution in [0.15, 0.2) is 54.6 Å². The van der Waals surface area contributed by atoms with Crippen LogP contribution in [0, 0.1) is 0 Å². The zero-order valence-corrected chi connectivity index (χ0v) is 19.7. The van der Waals surface area contributed by atoms with Gasteiger partial charge in [-0.15, -0.1) is 10.2 Å². The second-order valence-corrected chi connectivity index (χ2v) is 6.47. The van der Waals surface area contributed by atoms with Crippen LogP contribution in [-0.2, 0) is 6.42 Å². The molecular formula is C21H22N7NaO2. The van der Waals surface area contributed by atoms with Crippen molar-refractivity contribution < 1.29 is 40.5 Å². The first-order chi connectivity index (χ1) is 14.7. The van der Waals surface area contributed by atoms with Gasteiger partial charge in [-0.2, -0.15) is 15.2 Å². The predicted octanol–water partition coefficient (Wildman–Crippen LogP) is 0.112. The monoisotopic (exact) mass is 427 g/mol. The van der Waals surface area contributed by atoms with E-state index in [1.807, 2.05) is 42.5 Å². The summed E-state index contributed by atoms with van der Waals surface area (Å²) in [5.74, 6) is 2.06. The van der Waals surface area contributed by atoms with Crippen LogP contribution in [0.1, 0.15) is 6.99 Å². The Balaban J connectivity index is 0.00000181. The predicted molar refractivity (Wildman–Crippen MR) is 113 cm³/mol. The molecule has 0 aliphatic carbocycles. The van der Waals surface area contributed by atoms with Gasteiger partial charge < -0.3 is 16.2 Å². The first-order valence-electron chi connectivity index (χ1n) is 9.39. The van der Waals surface area contributed by atoms with Crippen molar-refractivity contribution in [2.75, 3.05) is 26.1 Å². The first kappa shape index (κ1) is 22.7. The number of ether oxygens (including phenoxy) is 2. The fourth-order valence-corrected chi connectivity index (χ4v) is 2.98. The summed E-state index contributed by atoms with van der Waals surface area (Å²) in [4.78, 5) is 8.88.